The highest BCUT2D eigenvalue weighted by molar-refractivity contribution is 5.76. The fraction of sp³-hybridized carbons (Fsp3) is 0.389. The molecule has 0 saturated carbocycles. The smallest absolute Gasteiger partial charge is 0.318 e. The third kappa shape index (κ3) is 2.42. The summed E-state index contributed by atoms with van der Waals surface area (Å²) in [6.07, 6.45) is 4.53. The summed E-state index contributed by atoms with van der Waals surface area (Å²) in [6, 6.07) is 6.47. The quantitative estimate of drug-likeness (QED) is 0.923. The number of rotatable bonds is 2. The summed E-state index contributed by atoms with van der Waals surface area (Å²) in [5, 5.41) is 2.90. The molecule has 1 N–H and O–H groups in total. The van der Waals surface area contributed by atoms with E-state index in [1.807, 2.05) is 18.0 Å². The lowest BCUT2D eigenvalue weighted by Crippen LogP contribution is -2.47. The van der Waals surface area contributed by atoms with Gasteiger partial charge in [-0.3, -0.25) is 0 Å². The molecule has 2 atom stereocenters. The molecule has 2 bridgehead atoms. The summed E-state index contributed by atoms with van der Waals surface area (Å²) in [4.78, 5) is 23.4. The molecule has 0 aliphatic carbocycles. The first-order valence-electron chi connectivity index (χ1n) is 8.35. The number of carbonyl (C=O) groups excluding carboxylic acids is 1. The van der Waals surface area contributed by atoms with Crippen LogP contribution in [0.15, 0.2) is 30.5 Å². The molecule has 3 heterocycles. The van der Waals surface area contributed by atoms with E-state index >= 15 is 0 Å². The number of nitrogens with one attached hydrogen (secondary N) is 1. The van der Waals surface area contributed by atoms with Crippen molar-refractivity contribution in [1.82, 2.24) is 20.2 Å². The van der Waals surface area contributed by atoms with Crippen LogP contribution in [0.25, 0.3) is 11.4 Å². The minimum absolute atomic E-state index is 0.00161. The number of halogens is 1. The number of hydrogen-bond donors (Lipinski definition) is 1. The van der Waals surface area contributed by atoms with Gasteiger partial charge in [-0.15, -0.1) is 0 Å². The van der Waals surface area contributed by atoms with Crippen molar-refractivity contribution in [2.75, 3.05) is 6.54 Å². The molecular formula is C18H19FN4O. The molecular weight excluding hydrogens is 307 g/mol. The number of urea groups is 1. The molecule has 0 spiro atoms. The molecule has 2 amide bonds. The van der Waals surface area contributed by atoms with Crippen molar-refractivity contribution < 1.29 is 9.18 Å². The van der Waals surface area contributed by atoms with Crippen LogP contribution in [0.4, 0.5) is 9.18 Å². The van der Waals surface area contributed by atoms with Gasteiger partial charge in [-0.1, -0.05) is 0 Å². The Hall–Kier alpha value is -2.50. The van der Waals surface area contributed by atoms with Gasteiger partial charge in [-0.05, 0) is 44.0 Å². The van der Waals surface area contributed by atoms with Crippen LogP contribution in [-0.4, -0.2) is 33.5 Å². The predicted octanol–water partition coefficient (Wildman–Crippen LogP) is 3.07. The second-order valence-corrected chi connectivity index (χ2v) is 6.30. The molecule has 4 rings (SSSR count). The van der Waals surface area contributed by atoms with Gasteiger partial charge in [0.2, 0.25) is 0 Å². The van der Waals surface area contributed by atoms with E-state index in [1.165, 1.54) is 12.1 Å². The van der Waals surface area contributed by atoms with Gasteiger partial charge in [0.25, 0.3) is 0 Å². The summed E-state index contributed by atoms with van der Waals surface area (Å²) in [6.45, 7) is 2.55. The number of nitrogens with zero attached hydrogens (tertiary/aromatic N) is 3. The molecule has 0 unspecified atom stereocenters. The van der Waals surface area contributed by atoms with Crippen molar-refractivity contribution in [2.24, 2.45) is 0 Å². The monoisotopic (exact) mass is 326 g/mol. The van der Waals surface area contributed by atoms with Crippen LogP contribution in [0.3, 0.4) is 0 Å². The summed E-state index contributed by atoms with van der Waals surface area (Å²) < 4.78 is 13.1. The number of benzene rings is 1. The summed E-state index contributed by atoms with van der Waals surface area (Å²) >= 11 is 0. The van der Waals surface area contributed by atoms with Crippen LogP contribution >= 0.6 is 0 Å². The van der Waals surface area contributed by atoms with Gasteiger partial charge in [0.1, 0.15) is 5.82 Å². The van der Waals surface area contributed by atoms with Crippen LogP contribution < -0.4 is 5.32 Å². The minimum Gasteiger partial charge on any atom is -0.338 e. The Morgan fingerprint density at radius 2 is 2.12 bits per heavy atom. The van der Waals surface area contributed by atoms with Gasteiger partial charge in [-0.2, -0.15) is 0 Å². The van der Waals surface area contributed by atoms with Gasteiger partial charge in [0.05, 0.1) is 11.7 Å². The maximum atomic E-state index is 13.1. The lowest BCUT2D eigenvalue weighted by Gasteiger charge is -2.35. The average Bonchev–Trinajstić information content (AvgIpc) is 2.91. The molecule has 5 nitrogen and oxygen atoms in total. The zero-order chi connectivity index (χ0) is 16.7. The number of aromatic nitrogens is 2. The normalized spacial score (nSPS) is 21.5. The van der Waals surface area contributed by atoms with Crippen molar-refractivity contribution in [3.8, 4) is 11.4 Å². The molecule has 2 aliphatic rings. The highest BCUT2D eigenvalue weighted by atomic mass is 19.1. The van der Waals surface area contributed by atoms with E-state index in [9.17, 15) is 9.18 Å². The molecule has 0 radical (unpaired) electrons. The second kappa shape index (κ2) is 5.85. The Morgan fingerprint density at radius 3 is 2.88 bits per heavy atom. The molecule has 6 heteroatoms. The first-order chi connectivity index (χ1) is 11.7. The number of fused-ring (bicyclic) bond motifs is 4. The largest absolute Gasteiger partial charge is 0.338 e. The number of carbonyl (C=O) groups is 1. The SMILES string of the molecule is CCNC(=O)N1[C@H]2CC[C@@H]1c1cnc(-c3ccc(F)cc3)nc1C2. The van der Waals surface area contributed by atoms with Crippen molar-refractivity contribution in [3.63, 3.8) is 0 Å². The first kappa shape index (κ1) is 15.1. The Labute approximate surface area is 139 Å². The fourth-order valence-electron chi connectivity index (χ4n) is 3.77. The Kier molecular flexibility index (Phi) is 3.67. The molecule has 124 valence electrons. The fourth-order valence-corrected chi connectivity index (χ4v) is 3.77. The van der Waals surface area contributed by atoms with Gasteiger partial charge in [0, 0.05) is 36.3 Å². The van der Waals surface area contributed by atoms with Crippen LogP contribution in [0, 0.1) is 5.82 Å². The second-order valence-electron chi connectivity index (χ2n) is 6.30. The van der Waals surface area contributed by atoms with Crippen molar-refractivity contribution in [3.05, 3.63) is 47.5 Å². The van der Waals surface area contributed by atoms with Gasteiger partial charge >= 0.3 is 6.03 Å². The zero-order valence-electron chi connectivity index (χ0n) is 13.5. The lowest BCUT2D eigenvalue weighted by molar-refractivity contribution is 0.165. The number of hydrogen-bond acceptors (Lipinski definition) is 3. The van der Waals surface area contributed by atoms with Crippen molar-refractivity contribution >= 4 is 6.03 Å². The molecule has 1 aromatic heterocycles. The third-order valence-electron chi connectivity index (χ3n) is 4.86. The standard InChI is InChI=1S/C18H19FN4O/c1-2-20-18(24)23-13-7-8-16(23)14-10-21-17(22-15(14)9-13)11-3-5-12(19)6-4-11/h3-6,10,13,16H,2,7-9H2,1H3,(H,20,24)/t13-,16+/m0/s1. The van der Waals surface area contributed by atoms with Gasteiger partial charge in [0.15, 0.2) is 5.82 Å². The summed E-state index contributed by atoms with van der Waals surface area (Å²) in [5.74, 6) is 0.340. The lowest BCUT2D eigenvalue weighted by atomic mass is 9.99. The minimum atomic E-state index is -0.271. The first-order valence-corrected chi connectivity index (χ1v) is 8.35. The van der Waals surface area contributed by atoms with E-state index in [2.05, 4.69) is 10.3 Å². The van der Waals surface area contributed by atoms with E-state index in [0.29, 0.717) is 12.4 Å². The van der Waals surface area contributed by atoms with Crippen LogP contribution in [0.1, 0.15) is 37.1 Å². The van der Waals surface area contributed by atoms with E-state index in [4.69, 9.17) is 4.98 Å². The van der Waals surface area contributed by atoms with E-state index < -0.39 is 0 Å². The van der Waals surface area contributed by atoms with Crippen LogP contribution in [0.5, 0.6) is 0 Å². The zero-order valence-corrected chi connectivity index (χ0v) is 13.5. The number of amides is 2. The maximum Gasteiger partial charge on any atom is 0.318 e. The van der Waals surface area contributed by atoms with E-state index in [0.717, 1.165) is 36.1 Å². The Morgan fingerprint density at radius 1 is 1.33 bits per heavy atom. The van der Waals surface area contributed by atoms with Gasteiger partial charge < -0.3 is 10.2 Å². The van der Waals surface area contributed by atoms with E-state index in [-0.39, 0.29) is 23.9 Å². The molecule has 2 aliphatic heterocycles. The van der Waals surface area contributed by atoms with Crippen LogP contribution in [0.2, 0.25) is 0 Å². The molecule has 1 fully saturated rings. The highest BCUT2D eigenvalue weighted by Gasteiger charge is 2.43. The summed E-state index contributed by atoms with van der Waals surface area (Å²) in [5.41, 5.74) is 2.86. The van der Waals surface area contributed by atoms with Crippen molar-refractivity contribution in [2.45, 2.75) is 38.3 Å². The van der Waals surface area contributed by atoms with Crippen molar-refractivity contribution in [1.29, 1.82) is 0 Å². The average molecular weight is 326 g/mol. The molecule has 2 aromatic rings. The molecule has 24 heavy (non-hydrogen) atoms. The molecule has 1 aromatic carbocycles. The predicted molar refractivity (Wildman–Crippen MR) is 87.8 cm³/mol. The Bertz CT molecular complexity index is 777. The highest BCUT2D eigenvalue weighted by Crippen LogP contribution is 2.43. The Balaban J connectivity index is 1.67. The van der Waals surface area contributed by atoms with Gasteiger partial charge in [-0.25, -0.2) is 19.2 Å². The van der Waals surface area contributed by atoms with E-state index in [1.54, 1.807) is 12.1 Å². The summed E-state index contributed by atoms with van der Waals surface area (Å²) in [7, 11) is 0. The maximum absolute atomic E-state index is 13.1. The third-order valence-corrected chi connectivity index (χ3v) is 4.86. The van der Waals surface area contributed by atoms with Crippen LogP contribution in [-0.2, 0) is 6.42 Å². The topological polar surface area (TPSA) is 58.1 Å². The molecule has 1 saturated heterocycles.